The van der Waals surface area contributed by atoms with Gasteiger partial charge in [-0.25, -0.2) is 0 Å². The highest BCUT2D eigenvalue weighted by atomic mass is 16.5. The van der Waals surface area contributed by atoms with E-state index >= 15 is 0 Å². The molecule has 1 aromatic carbocycles. The number of ether oxygens (including phenoxy) is 1. The summed E-state index contributed by atoms with van der Waals surface area (Å²) in [6.07, 6.45) is 3.94. The number of aromatic hydroxyl groups is 1. The Labute approximate surface area is 105 Å². The van der Waals surface area contributed by atoms with E-state index in [1.165, 1.54) is 0 Å². The van der Waals surface area contributed by atoms with Crippen molar-refractivity contribution >= 4 is 0 Å². The Morgan fingerprint density at radius 2 is 1.88 bits per heavy atom. The van der Waals surface area contributed by atoms with Crippen LogP contribution < -0.4 is 4.74 Å². The summed E-state index contributed by atoms with van der Waals surface area (Å²) in [7, 11) is 0. The van der Waals surface area contributed by atoms with Crippen LogP contribution in [0.15, 0.2) is 6.07 Å². The van der Waals surface area contributed by atoms with Gasteiger partial charge in [-0.2, -0.15) is 0 Å². The first-order valence-electron chi connectivity index (χ1n) is 6.62. The molecule has 0 saturated heterocycles. The minimum absolute atomic E-state index is 0.437. The molecule has 0 aromatic heterocycles. The number of rotatable bonds is 6. The van der Waals surface area contributed by atoms with Crippen molar-refractivity contribution in [3.05, 3.63) is 22.8 Å². The summed E-state index contributed by atoms with van der Waals surface area (Å²) in [5.74, 6) is 1.39. The van der Waals surface area contributed by atoms with Gasteiger partial charge >= 0.3 is 0 Å². The lowest BCUT2D eigenvalue weighted by Crippen LogP contribution is -2.02. The van der Waals surface area contributed by atoms with Crippen LogP contribution in [0.25, 0.3) is 0 Å². The first-order chi connectivity index (χ1) is 8.15. The third kappa shape index (κ3) is 3.15. The van der Waals surface area contributed by atoms with Crippen molar-refractivity contribution in [3.8, 4) is 11.5 Å². The van der Waals surface area contributed by atoms with Gasteiger partial charge in [0, 0.05) is 5.56 Å². The number of unbranched alkanes of at least 4 members (excludes halogenated alkanes) is 1. The highest BCUT2D eigenvalue weighted by Gasteiger charge is 2.13. The minimum Gasteiger partial charge on any atom is -0.507 e. The van der Waals surface area contributed by atoms with Crippen LogP contribution in [-0.2, 0) is 12.8 Å². The van der Waals surface area contributed by atoms with Crippen molar-refractivity contribution in [2.24, 2.45) is 0 Å². The van der Waals surface area contributed by atoms with Gasteiger partial charge in [0.25, 0.3) is 0 Å². The first kappa shape index (κ1) is 13.9. The molecule has 96 valence electrons. The smallest absolute Gasteiger partial charge is 0.123 e. The molecule has 0 aliphatic heterocycles. The lowest BCUT2D eigenvalue weighted by Gasteiger charge is -2.16. The van der Waals surface area contributed by atoms with Crippen LogP contribution in [-0.4, -0.2) is 11.7 Å². The average molecular weight is 236 g/mol. The van der Waals surface area contributed by atoms with Crippen LogP contribution in [0.2, 0.25) is 0 Å². The Kier molecular flexibility index (Phi) is 5.33. The number of benzene rings is 1. The summed E-state index contributed by atoms with van der Waals surface area (Å²) in [4.78, 5) is 0. The van der Waals surface area contributed by atoms with Crippen molar-refractivity contribution in [2.45, 2.75) is 53.4 Å². The van der Waals surface area contributed by atoms with E-state index < -0.39 is 0 Å². The number of phenolic OH excluding ortho intramolecular Hbond substituents is 1. The predicted molar refractivity (Wildman–Crippen MR) is 72.0 cm³/mol. The number of hydrogen-bond acceptors (Lipinski definition) is 2. The van der Waals surface area contributed by atoms with Crippen LogP contribution >= 0.6 is 0 Å². The van der Waals surface area contributed by atoms with Crippen LogP contribution in [0.3, 0.4) is 0 Å². The minimum atomic E-state index is 0.437. The largest absolute Gasteiger partial charge is 0.507 e. The van der Waals surface area contributed by atoms with Crippen LogP contribution in [0.4, 0.5) is 0 Å². The third-order valence-electron chi connectivity index (χ3n) is 3.20. The van der Waals surface area contributed by atoms with Gasteiger partial charge in [-0.05, 0) is 43.4 Å². The van der Waals surface area contributed by atoms with E-state index in [0.717, 1.165) is 54.7 Å². The Morgan fingerprint density at radius 1 is 1.18 bits per heavy atom. The van der Waals surface area contributed by atoms with Crippen molar-refractivity contribution in [1.82, 2.24) is 0 Å². The van der Waals surface area contributed by atoms with Crippen LogP contribution in [0.1, 0.15) is 50.3 Å². The van der Waals surface area contributed by atoms with Gasteiger partial charge in [0.2, 0.25) is 0 Å². The van der Waals surface area contributed by atoms with E-state index in [9.17, 15) is 5.11 Å². The second-order valence-corrected chi connectivity index (χ2v) is 4.40. The summed E-state index contributed by atoms with van der Waals surface area (Å²) in [5, 5.41) is 10.0. The van der Waals surface area contributed by atoms with Gasteiger partial charge in [-0.15, -0.1) is 0 Å². The second-order valence-electron chi connectivity index (χ2n) is 4.40. The van der Waals surface area contributed by atoms with E-state index in [1.807, 2.05) is 13.0 Å². The summed E-state index contributed by atoms with van der Waals surface area (Å²) in [6.45, 7) is 9.04. The molecule has 17 heavy (non-hydrogen) atoms. The fraction of sp³-hybridized carbons (Fsp3) is 0.600. The molecule has 0 aliphatic rings. The molecule has 0 bridgehead atoms. The summed E-state index contributed by atoms with van der Waals surface area (Å²) < 4.78 is 5.84. The summed E-state index contributed by atoms with van der Waals surface area (Å²) in [5.41, 5.74) is 3.08. The third-order valence-corrected chi connectivity index (χ3v) is 3.20. The SMILES string of the molecule is CCCCOc1cc(CC)c(O)c(C)c1CC. The van der Waals surface area contributed by atoms with E-state index in [0.29, 0.717) is 5.75 Å². The molecule has 2 heteroatoms. The average Bonchev–Trinajstić information content (AvgIpc) is 2.34. The molecule has 1 rings (SSSR count). The van der Waals surface area contributed by atoms with E-state index in [4.69, 9.17) is 4.74 Å². The van der Waals surface area contributed by atoms with Gasteiger partial charge < -0.3 is 9.84 Å². The molecule has 0 heterocycles. The highest BCUT2D eigenvalue weighted by Crippen LogP contribution is 2.34. The molecule has 0 unspecified atom stereocenters. The molecule has 1 aromatic rings. The Morgan fingerprint density at radius 3 is 2.41 bits per heavy atom. The molecule has 1 N–H and O–H groups in total. The molecule has 0 atom stereocenters. The molecule has 0 saturated carbocycles. The Hall–Kier alpha value is -1.18. The van der Waals surface area contributed by atoms with Crippen LogP contribution in [0.5, 0.6) is 11.5 Å². The second kappa shape index (κ2) is 6.53. The topological polar surface area (TPSA) is 29.5 Å². The predicted octanol–water partition coefficient (Wildman–Crippen LogP) is 4.00. The van der Waals surface area contributed by atoms with Gasteiger partial charge in [-0.3, -0.25) is 0 Å². The van der Waals surface area contributed by atoms with E-state index in [-0.39, 0.29) is 0 Å². The van der Waals surface area contributed by atoms with Crippen molar-refractivity contribution in [3.63, 3.8) is 0 Å². The molecule has 0 spiro atoms. The van der Waals surface area contributed by atoms with Gasteiger partial charge in [-0.1, -0.05) is 27.2 Å². The number of phenols is 1. The normalized spacial score (nSPS) is 10.6. The lowest BCUT2D eigenvalue weighted by atomic mass is 9.99. The molecule has 0 radical (unpaired) electrons. The molecule has 0 fully saturated rings. The molecule has 2 nitrogen and oxygen atoms in total. The van der Waals surface area contributed by atoms with Crippen molar-refractivity contribution < 1.29 is 9.84 Å². The first-order valence-corrected chi connectivity index (χ1v) is 6.62. The van der Waals surface area contributed by atoms with Crippen molar-refractivity contribution in [1.29, 1.82) is 0 Å². The number of hydrogen-bond donors (Lipinski definition) is 1. The van der Waals surface area contributed by atoms with Gasteiger partial charge in [0.1, 0.15) is 11.5 Å². The number of aryl methyl sites for hydroxylation is 1. The van der Waals surface area contributed by atoms with E-state index in [1.54, 1.807) is 0 Å². The van der Waals surface area contributed by atoms with Gasteiger partial charge in [0.05, 0.1) is 6.61 Å². The zero-order valence-electron chi connectivity index (χ0n) is 11.5. The maximum atomic E-state index is 10.0. The summed E-state index contributed by atoms with van der Waals surface area (Å²) >= 11 is 0. The maximum absolute atomic E-state index is 10.0. The standard InChI is InChI=1S/C15H24O2/c1-5-8-9-17-14-10-12(6-2)15(16)11(4)13(14)7-3/h10,16H,5-9H2,1-4H3. The molecular formula is C15H24O2. The Balaban J connectivity index is 3.04. The fourth-order valence-corrected chi connectivity index (χ4v) is 2.05. The molecule has 0 aliphatic carbocycles. The van der Waals surface area contributed by atoms with Crippen molar-refractivity contribution in [2.75, 3.05) is 6.61 Å². The molecular weight excluding hydrogens is 212 g/mol. The summed E-state index contributed by atoms with van der Waals surface area (Å²) in [6, 6.07) is 2.00. The fourth-order valence-electron chi connectivity index (χ4n) is 2.05. The van der Waals surface area contributed by atoms with Crippen LogP contribution in [0, 0.1) is 6.92 Å². The lowest BCUT2D eigenvalue weighted by molar-refractivity contribution is 0.305. The zero-order valence-corrected chi connectivity index (χ0v) is 11.5. The Bertz CT molecular complexity index is 370. The molecule has 0 amide bonds. The monoisotopic (exact) mass is 236 g/mol. The maximum Gasteiger partial charge on any atom is 0.123 e. The van der Waals surface area contributed by atoms with Gasteiger partial charge in [0.15, 0.2) is 0 Å². The quantitative estimate of drug-likeness (QED) is 0.756. The zero-order chi connectivity index (χ0) is 12.8. The highest BCUT2D eigenvalue weighted by molar-refractivity contribution is 5.52. The van der Waals surface area contributed by atoms with E-state index in [2.05, 4.69) is 20.8 Å².